The highest BCUT2D eigenvalue weighted by Crippen LogP contribution is 2.39. The second-order valence-electron chi connectivity index (χ2n) is 6.87. The third-order valence-electron chi connectivity index (χ3n) is 5.18. The predicted octanol–water partition coefficient (Wildman–Crippen LogP) is 6.01. The molecule has 2 aliphatic rings. The van der Waals surface area contributed by atoms with E-state index in [1.54, 1.807) is 24.3 Å². The molecule has 3 aromatic rings. The molecule has 160 valence electrons. The maximum absolute atomic E-state index is 12.6. The zero-order valence-corrected chi connectivity index (χ0v) is 18.6. The fourth-order valence-electron chi connectivity index (χ4n) is 3.89. The Morgan fingerprint density at radius 3 is 1.90 bits per heavy atom. The van der Waals surface area contributed by atoms with E-state index in [0.29, 0.717) is 17.5 Å². The Kier molecular flexibility index (Phi) is 7.24. The number of imide groups is 1. The molecule has 3 aromatic carbocycles. The molecule has 4 nitrogen and oxygen atoms in total. The number of hydrogen-bond donors (Lipinski definition) is 0. The largest absolute Gasteiger partial charge is 0.487 e. The fraction of sp³-hybridized carbons (Fsp3) is 0.259. The van der Waals surface area contributed by atoms with E-state index in [9.17, 15) is 9.59 Å². The summed E-state index contributed by atoms with van der Waals surface area (Å²) in [6, 6.07) is 23.2. The maximum Gasteiger partial charge on any atom is 0.261 e. The van der Waals surface area contributed by atoms with Crippen molar-refractivity contribution in [2.24, 2.45) is 0 Å². The minimum absolute atomic E-state index is 0.230. The number of nitrogens with zero attached hydrogens (tertiary/aromatic N) is 1. The molecule has 1 unspecified atom stereocenters. The Bertz CT molecular complexity index is 1020. The number of carbonyl (C=O) groups excluding carboxylic acids is 2. The van der Waals surface area contributed by atoms with Crippen LogP contribution in [0.2, 0.25) is 0 Å². The third-order valence-corrected chi connectivity index (χ3v) is 5.18. The molecule has 0 bridgehead atoms. The normalized spacial score (nSPS) is 15.7. The van der Waals surface area contributed by atoms with Crippen molar-refractivity contribution in [1.82, 2.24) is 4.90 Å². The van der Waals surface area contributed by atoms with Gasteiger partial charge < -0.3 is 4.74 Å². The van der Waals surface area contributed by atoms with Crippen LogP contribution in [0.1, 0.15) is 54.0 Å². The zero-order chi connectivity index (χ0) is 22.4. The minimum Gasteiger partial charge on any atom is -0.487 e. The molecular formula is C27H29NO3. The maximum atomic E-state index is 12.6. The Morgan fingerprint density at radius 2 is 1.29 bits per heavy atom. The molecule has 0 fully saturated rings. The average molecular weight is 416 g/mol. The quantitative estimate of drug-likeness (QED) is 0.493. The molecule has 2 amide bonds. The lowest BCUT2D eigenvalue weighted by Gasteiger charge is -2.19. The molecule has 5 rings (SSSR count). The van der Waals surface area contributed by atoms with Gasteiger partial charge in [-0.05, 0) is 23.3 Å². The van der Waals surface area contributed by atoms with Crippen LogP contribution in [0.15, 0.2) is 72.8 Å². The molecule has 0 N–H and O–H groups in total. The summed E-state index contributed by atoms with van der Waals surface area (Å²) in [5.41, 5.74) is 4.19. The first kappa shape index (κ1) is 22.3. The van der Waals surface area contributed by atoms with Gasteiger partial charge in [-0.15, -0.1) is 0 Å². The van der Waals surface area contributed by atoms with Crippen molar-refractivity contribution in [1.29, 1.82) is 0 Å². The second-order valence-corrected chi connectivity index (χ2v) is 6.87. The van der Waals surface area contributed by atoms with E-state index in [2.05, 4.69) is 12.1 Å². The number of benzene rings is 3. The highest BCUT2D eigenvalue weighted by Gasteiger charge is 2.38. The summed E-state index contributed by atoms with van der Waals surface area (Å²) in [5, 5.41) is 0. The van der Waals surface area contributed by atoms with Crippen LogP contribution in [0, 0.1) is 0 Å². The van der Waals surface area contributed by atoms with Gasteiger partial charge in [0.15, 0.2) is 0 Å². The highest BCUT2D eigenvalue weighted by atomic mass is 16.5. The molecule has 2 heterocycles. The average Bonchev–Trinajstić information content (AvgIpc) is 3.37. The third kappa shape index (κ3) is 4.24. The van der Waals surface area contributed by atoms with Crippen LogP contribution in [0.5, 0.6) is 5.75 Å². The molecule has 4 heteroatoms. The van der Waals surface area contributed by atoms with Crippen LogP contribution < -0.4 is 4.74 Å². The van der Waals surface area contributed by atoms with E-state index in [1.807, 2.05) is 64.1 Å². The fourth-order valence-corrected chi connectivity index (χ4v) is 3.89. The number of hydrogen-bond acceptors (Lipinski definition) is 3. The van der Waals surface area contributed by atoms with Gasteiger partial charge in [-0.2, -0.15) is 0 Å². The Hall–Kier alpha value is -3.40. The lowest BCUT2D eigenvalue weighted by molar-refractivity contribution is 0.0588. The molecular weight excluding hydrogens is 386 g/mol. The highest BCUT2D eigenvalue weighted by molar-refractivity contribution is 6.21. The van der Waals surface area contributed by atoms with Crippen LogP contribution in [-0.4, -0.2) is 29.4 Å². The van der Waals surface area contributed by atoms with E-state index in [0.717, 1.165) is 22.4 Å². The molecule has 1 atom stereocenters. The summed E-state index contributed by atoms with van der Waals surface area (Å²) in [6.07, 6.45) is 0.454. The summed E-state index contributed by atoms with van der Waals surface area (Å²) in [4.78, 5) is 26.5. The van der Waals surface area contributed by atoms with E-state index >= 15 is 0 Å². The van der Waals surface area contributed by atoms with Crippen molar-refractivity contribution in [3.63, 3.8) is 0 Å². The lowest BCUT2D eigenvalue weighted by atomic mass is 10.0. The summed E-state index contributed by atoms with van der Waals surface area (Å²) >= 11 is 0. The van der Waals surface area contributed by atoms with Crippen molar-refractivity contribution < 1.29 is 14.3 Å². The van der Waals surface area contributed by atoms with Gasteiger partial charge in [0.05, 0.1) is 17.7 Å². The Morgan fingerprint density at radius 1 is 0.742 bits per heavy atom. The molecule has 0 saturated carbocycles. The van der Waals surface area contributed by atoms with Gasteiger partial charge in [0.25, 0.3) is 11.8 Å². The molecule has 0 aliphatic carbocycles. The lowest BCUT2D eigenvalue weighted by Crippen LogP contribution is -2.38. The van der Waals surface area contributed by atoms with Crippen LogP contribution in [0.25, 0.3) is 11.1 Å². The SMILES string of the molecule is CC.CC.O=C1c2ccccc2C(=O)N1CC1Cc2cccc(-c3ccccc3)c2O1. The summed E-state index contributed by atoms with van der Waals surface area (Å²) in [5.74, 6) is 0.377. The van der Waals surface area contributed by atoms with Crippen molar-refractivity contribution in [2.75, 3.05) is 6.54 Å². The number of para-hydroxylation sites is 1. The topological polar surface area (TPSA) is 46.6 Å². The van der Waals surface area contributed by atoms with E-state index in [4.69, 9.17) is 4.74 Å². The van der Waals surface area contributed by atoms with Crippen LogP contribution in [-0.2, 0) is 6.42 Å². The zero-order valence-electron chi connectivity index (χ0n) is 18.6. The first-order valence-electron chi connectivity index (χ1n) is 11.0. The Balaban J connectivity index is 0.000000645. The summed E-state index contributed by atoms with van der Waals surface area (Å²) in [6.45, 7) is 8.26. The number of amides is 2. The molecule has 0 spiro atoms. The predicted molar refractivity (Wildman–Crippen MR) is 125 cm³/mol. The van der Waals surface area contributed by atoms with E-state index in [1.165, 1.54) is 4.90 Å². The van der Waals surface area contributed by atoms with Gasteiger partial charge in [-0.3, -0.25) is 14.5 Å². The van der Waals surface area contributed by atoms with Crippen molar-refractivity contribution in [2.45, 2.75) is 40.2 Å². The number of carbonyl (C=O) groups is 2. The van der Waals surface area contributed by atoms with E-state index in [-0.39, 0.29) is 24.5 Å². The van der Waals surface area contributed by atoms with Crippen LogP contribution in [0.3, 0.4) is 0 Å². The number of rotatable bonds is 3. The van der Waals surface area contributed by atoms with E-state index < -0.39 is 0 Å². The molecule has 0 aromatic heterocycles. The molecule has 31 heavy (non-hydrogen) atoms. The molecule has 2 aliphatic heterocycles. The summed E-state index contributed by atoms with van der Waals surface area (Å²) in [7, 11) is 0. The van der Waals surface area contributed by atoms with Gasteiger partial charge in [0.2, 0.25) is 0 Å². The van der Waals surface area contributed by atoms with Gasteiger partial charge in [-0.25, -0.2) is 0 Å². The van der Waals surface area contributed by atoms with Crippen LogP contribution in [0.4, 0.5) is 0 Å². The van der Waals surface area contributed by atoms with Gasteiger partial charge in [0, 0.05) is 12.0 Å². The van der Waals surface area contributed by atoms with Crippen LogP contribution >= 0.6 is 0 Å². The van der Waals surface area contributed by atoms with Gasteiger partial charge in [-0.1, -0.05) is 88.4 Å². The molecule has 0 radical (unpaired) electrons. The van der Waals surface area contributed by atoms with Crippen molar-refractivity contribution in [3.05, 3.63) is 89.5 Å². The number of fused-ring (bicyclic) bond motifs is 2. The van der Waals surface area contributed by atoms with Gasteiger partial charge >= 0.3 is 0 Å². The van der Waals surface area contributed by atoms with Gasteiger partial charge in [0.1, 0.15) is 11.9 Å². The Labute approximate surface area is 184 Å². The first-order chi connectivity index (χ1) is 15.2. The first-order valence-corrected chi connectivity index (χ1v) is 11.0. The summed E-state index contributed by atoms with van der Waals surface area (Å²) < 4.78 is 6.20. The standard InChI is InChI=1S/C23H17NO3.2C2H6/c25-22-19-10-4-5-11-20(19)23(26)24(22)14-17-13-16-9-6-12-18(21(16)27-17)15-7-2-1-3-8-15;2*1-2/h1-12,17H,13-14H2;2*1-2H3. The smallest absolute Gasteiger partial charge is 0.261 e. The second kappa shape index (κ2) is 10.1. The monoisotopic (exact) mass is 415 g/mol. The van der Waals surface area contributed by atoms with Crippen molar-refractivity contribution in [3.8, 4) is 16.9 Å². The minimum atomic E-state index is -0.238. The number of ether oxygens (including phenoxy) is 1. The molecule has 0 saturated heterocycles. The van der Waals surface area contributed by atoms with Crippen molar-refractivity contribution >= 4 is 11.8 Å².